The molecular weight excluding hydrogens is 1210 g/mol. The van der Waals surface area contributed by atoms with E-state index in [2.05, 4.69) is 302 Å². The Labute approximate surface area is 499 Å². The van der Waals surface area contributed by atoms with E-state index in [0.717, 1.165) is 83.4 Å². The molecule has 0 N–H and O–H groups in total. The predicted octanol–water partition coefficient (Wildman–Crippen LogP) is 15.2. The Morgan fingerprint density at radius 3 is 1.66 bits per heavy atom. The Kier molecular flexibility index (Phi) is 13.0. The number of hydrogen-bond donors (Lipinski definition) is 0. The molecule has 0 aliphatic carbocycles. The fourth-order valence-electron chi connectivity index (χ4n) is 12.8. The number of imidazole rings is 1. The fourth-order valence-corrected chi connectivity index (χ4v) is 17.6. The summed E-state index contributed by atoms with van der Waals surface area (Å²) in [5.74, 6) is 1.98. The van der Waals surface area contributed by atoms with Gasteiger partial charge in [0, 0.05) is 44.3 Å². The van der Waals surface area contributed by atoms with Gasteiger partial charge >= 0.3 is 0 Å². The zero-order valence-electron chi connectivity index (χ0n) is 46.0. The van der Waals surface area contributed by atoms with Crippen LogP contribution in [0.25, 0.3) is 94.5 Å². The van der Waals surface area contributed by atoms with Gasteiger partial charge in [-0.2, -0.15) is 18.2 Å². The standard InChI is InChI=1S/C76H54N4OSi.Pt/c1-76(2,3)53-45-46-77-73(48-53)80-70-41-18-17-37-66(70)67-44-43-56(50-72(67)80)81-55-25-20-24-54(49-55)78-51-79-74-61(38-21-39-68(74)64-35-15-13-33-62(64)63-34-14-16-36-65(63)69-40-22-42-71(78)75(69)79)52-23-19-32-60(47-52)82(57-26-7-4-8-27-57,58-28-9-5-10-29-58)59-30-11-6-12-31-59;/h4-48H,1-3H3;/q-2;. The first-order valence-electron chi connectivity index (χ1n) is 28.0. The molecule has 0 amide bonds. The number of para-hydroxylation sites is 3. The van der Waals surface area contributed by atoms with E-state index in [4.69, 9.17) is 9.72 Å². The molecule has 14 aromatic rings. The SMILES string of the molecule is CC(C)(C)c1ccnc(-n2c3[c-]c(Oc4[c-]c(-n5[c-][n+]6c7c(cccc75)-c5ccccc5-c5ccccc5-c5cccc(-c7cccc([Si](c8ccccc8)(c8ccccc8)c8ccccc8)c7)c5-6)ccc4)ccc3c3ccccc32)c1.[Pt]. The third-order valence-electron chi connectivity index (χ3n) is 16.5. The molecule has 15 rings (SSSR count). The Morgan fingerprint density at radius 1 is 0.446 bits per heavy atom. The van der Waals surface area contributed by atoms with E-state index in [1.807, 2.05) is 24.4 Å². The van der Waals surface area contributed by atoms with Crippen LogP contribution in [0.1, 0.15) is 26.3 Å². The minimum absolute atomic E-state index is 0. The predicted molar refractivity (Wildman–Crippen MR) is 338 cm³/mol. The number of ether oxygens (including phenoxy) is 1. The van der Waals surface area contributed by atoms with E-state index < -0.39 is 8.07 Å². The third-order valence-corrected chi connectivity index (χ3v) is 21.3. The summed E-state index contributed by atoms with van der Waals surface area (Å²) in [6, 6.07) is 104. The van der Waals surface area contributed by atoms with Crippen molar-refractivity contribution in [3.63, 3.8) is 0 Å². The minimum Gasteiger partial charge on any atom is -0.510 e. The quantitative estimate of drug-likeness (QED) is 0.0625. The second-order valence-electron chi connectivity index (χ2n) is 22.3. The van der Waals surface area contributed by atoms with Crippen molar-refractivity contribution in [2.24, 2.45) is 0 Å². The molecule has 0 spiro atoms. The van der Waals surface area contributed by atoms with Crippen LogP contribution in [0, 0.1) is 18.5 Å². The second-order valence-corrected chi connectivity index (χ2v) is 26.1. The second kappa shape index (κ2) is 20.8. The molecule has 7 heteroatoms. The monoisotopic (exact) mass is 1260 g/mol. The van der Waals surface area contributed by atoms with Crippen LogP contribution >= 0.6 is 0 Å². The Balaban J connectivity index is 0.00000614. The van der Waals surface area contributed by atoms with Gasteiger partial charge < -0.3 is 13.9 Å². The van der Waals surface area contributed by atoms with Gasteiger partial charge in [-0.15, -0.1) is 29.7 Å². The van der Waals surface area contributed by atoms with Gasteiger partial charge in [0.25, 0.3) is 6.33 Å². The van der Waals surface area contributed by atoms with Gasteiger partial charge in [-0.25, -0.2) is 4.98 Å². The molecule has 3 aromatic heterocycles. The maximum atomic E-state index is 6.83. The first kappa shape index (κ1) is 51.7. The summed E-state index contributed by atoms with van der Waals surface area (Å²) >= 11 is 0. The van der Waals surface area contributed by atoms with Crippen LogP contribution in [0.5, 0.6) is 11.5 Å². The molecule has 0 fully saturated rings. The number of pyridine rings is 1. The molecule has 1 aliphatic rings. The van der Waals surface area contributed by atoms with E-state index in [-0.39, 0.29) is 26.5 Å². The number of fused-ring (bicyclic) bond motifs is 10. The maximum Gasteiger partial charge on any atom is 0.268 e. The molecule has 400 valence electrons. The molecule has 0 radical (unpaired) electrons. The molecule has 4 heterocycles. The number of benzene rings is 11. The van der Waals surface area contributed by atoms with Crippen molar-refractivity contribution >= 4 is 61.7 Å². The number of aromatic nitrogens is 4. The van der Waals surface area contributed by atoms with Crippen LogP contribution in [0.4, 0.5) is 0 Å². The Hall–Kier alpha value is -9.45. The van der Waals surface area contributed by atoms with Crippen LogP contribution in [0.15, 0.2) is 273 Å². The number of nitrogens with zero attached hydrogens (tertiary/aromatic N) is 4. The molecule has 0 bridgehead atoms. The Morgan fingerprint density at radius 2 is 0.976 bits per heavy atom. The molecule has 83 heavy (non-hydrogen) atoms. The molecular formula is C76H54N4OPtSi-2. The average Bonchev–Trinajstić information content (AvgIpc) is 3.87. The van der Waals surface area contributed by atoms with Gasteiger partial charge in [-0.05, 0) is 106 Å². The summed E-state index contributed by atoms with van der Waals surface area (Å²) in [6.07, 6.45) is 5.91. The molecule has 0 saturated heterocycles. The normalized spacial score (nSPS) is 11.9. The number of hydrogen-bond acceptors (Lipinski definition) is 2. The first-order valence-corrected chi connectivity index (χ1v) is 30.0. The van der Waals surface area contributed by atoms with Crippen molar-refractivity contribution in [1.82, 2.24) is 14.1 Å². The molecule has 11 aromatic carbocycles. The van der Waals surface area contributed by atoms with Gasteiger partial charge in [-0.3, -0.25) is 4.57 Å². The molecule has 0 saturated carbocycles. The number of rotatable bonds is 9. The van der Waals surface area contributed by atoms with Crippen LogP contribution in [-0.4, -0.2) is 22.2 Å². The van der Waals surface area contributed by atoms with Crippen molar-refractivity contribution in [2.45, 2.75) is 26.2 Å². The van der Waals surface area contributed by atoms with E-state index in [1.54, 1.807) is 0 Å². The summed E-state index contributed by atoms with van der Waals surface area (Å²) in [6.45, 7) is 6.69. The van der Waals surface area contributed by atoms with E-state index >= 15 is 0 Å². The van der Waals surface area contributed by atoms with Gasteiger partial charge in [-0.1, -0.05) is 245 Å². The summed E-state index contributed by atoms with van der Waals surface area (Å²) in [7, 11) is -2.90. The summed E-state index contributed by atoms with van der Waals surface area (Å²) in [5.41, 5.74) is 16.0. The molecule has 0 unspecified atom stereocenters. The van der Waals surface area contributed by atoms with Crippen LogP contribution in [0.3, 0.4) is 0 Å². The topological polar surface area (TPSA) is 35.9 Å². The van der Waals surface area contributed by atoms with E-state index in [9.17, 15) is 0 Å². The molecule has 1 aliphatic heterocycles. The third kappa shape index (κ3) is 8.63. The van der Waals surface area contributed by atoms with Crippen LogP contribution < -0.4 is 30.1 Å². The van der Waals surface area contributed by atoms with Crippen molar-refractivity contribution in [3.8, 4) is 73.2 Å². The van der Waals surface area contributed by atoms with Crippen LogP contribution in [-0.2, 0) is 26.5 Å². The van der Waals surface area contributed by atoms with Gasteiger partial charge in [0.2, 0.25) is 0 Å². The fraction of sp³-hybridized carbons (Fsp3) is 0.0526. The van der Waals surface area contributed by atoms with Crippen molar-refractivity contribution in [1.29, 1.82) is 0 Å². The summed E-state index contributed by atoms with van der Waals surface area (Å²) < 4.78 is 13.5. The van der Waals surface area contributed by atoms with Gasteiger partial charge in [0.05, 0.1) is 16.7 Å². The molecule has 5 nitrogen and oxygen atoms in total. The van der Waals surface area contributed by atoms with Crippen molar-refractivity contribution < 1.29 is 30.4 Å². The van der Waals surface area contributed by atoms with Gasteiger partial charge in [0.1, 0.15) is 5.82 Å². The smallest absolute Gasteiger partial charge is 0.268 e. The summed E-state index contributed by atoms with van der Waals surface area (Å²) in [4.78, 5) is 4.91. The largest absolute Gasteiger partial charge is 0.510 e. The minimum atomic E-state index is -2.90. The average molecular weight is 1260 g/mol. The van der Waals surface area contributed by atoms with E-state index in [1.165, 1.54) is 37.4 Å². The van der Waals surface area contributed by atoms with Crippen LogP contribution in [0.2, 0.25) is 0 Å². The summed E-state index contributed by atoms with van der Waals surface area (Å²) in [5, 5.41) is 7.49. The molecule has 0 atom stereocenters. The van der Waals surface area contributed by atoms with Crippen molar-refractivity contribution in [3.05, 3.63) is 297 Å². The zero-order valence-corrected chi connectivity index (χ0v) is 49.3. The maximum absolute atomic E-state index is 6.83. The first-order chi connectivity index (χ1) is 40.3. The van der Waals surface area contributed by atoms with E-state index in [0.29, 0.717) is 11.5 Å². The van der Waals surface area contributed by atoms with Gasteiger partial charge in [0.15, 0.2) is 8.07 Å². The zero-order chi connectivity index (χ0) is 54.9. The Bertz CT molecular complexity index is 4680. The van der Waals surface area contributed by atoms with Crippen molar-refractivity contribution in [2.75, 3.05) is 0 Å².